The lowest BCUT2D eigenvalue weighted by atomic mass is 10.1. The molecule has 23 heavy (non-hydrogen) atoms. The molecule has 5 nitrogen and oxygen atoms in total. The Labute approximate surface area is 138 Å². The largest absolute Gasteiger partial charge is 0.311 e. The minimum atomic E-state index is -3.04. The minimum Gasteiger partial charge on any atom is -0.311 e. The summed E-state index contributed by atoms with van der Waals surface area (Å²) in [4.78, 5) is 17.0. The molecule has 6 heteroatoms. The molecule has 126 valence electrons. The summed E-state index contributed by atoms with van der Waals surface area (Å²) in [6, 6.07) is 9.59. The van der Waals surface area contributed by atoms with Crippen LogP contribution in [0, 0.1) is 5.92 Å². The molecule has 1 aromatic rings. The predicted octanol–water partition coefficient (Wildman–Crippen LogP) is 1.55. The molecule has 0 spiro atoms. The van der Waals surface area contributed by atoms with Gasteiger partial charge in [0.2, 0.25) is 5.91 Å². The van der Waals surface area contributed by atoms with Gasteiger partial charge in [-0.15, -0.1) is 0 Å². The van der Waals surface area contributed by atoms with Crippen LogP contribution in [0.5, 0.6) is 0 Å². The van der Waals surface area contributed by atoms with Gasteiger partial charge in [-0.3, -0.25) is 4.79 Å². The van der Waals surface area contributed by atoms with Crippen LogP contribution in [0.3, 0.4) is 0 Å². The van der Waals surface area contributed by atoms with Gasteiger partial charge in [0.05, 0.1) is 17.4 Å². The zero-order valence-corrected chi connectivity index (χ0v) is 14.2. The summed E-state index contributed by atoms with van der Waals surface area (Å²) >= 11 is 0. The van der Waals surface area contributed by atoms with E-state index in [9.17, 15) is 13.2 Å². The first-order valence-corrected chi connectivity index (χ1v) is 10.2. The topological polar surface area (TPSA) is 57.7 Å². The van der Waals surface area contributed by atoms with Crippen LogP contribution < -0.4 is 4.90 Å². The van der Waals surface area contributed by atoms with Gasteiger partial charge < -0.3 is 9.80 Å². The fourth-order valence-electron chi connectivity index (χ4n) is 3.43. The van der Waals surface area contributed by atoms with Gasteiger partial charge in [0.25, 0.3) is 0 Å². The van der Waals surface area contributed by atoms with Gasteiger partial charge >= 0.3 is 0 Å². The molecular weight excluding hydrogens is 312 g/mol. The molecule has 0 aliphatic carbocycles. The number of para-hydroxylation sites is 1. The first-order chi connectivity index (χ1) is 11.1. The minimum absolute atomic E-state index is 0.00111. The fourth-order valence-corrected chi connectivity index (χ4v) is 5.16. The van der Waals surface area contributed by atoms with E-state index in [-0.39, 0.29) is 17.4 Å². The Hall–Kier alpha value is -1.40. The average Bonchev–Trinajstić information content (AvgIpc) is 3.17. The molecule has 2 aliphatic rings. The van der Waals surface area contributed by atoms with Crippen LogP contribution in [0.4, 0.5) is 5.69 Å². The highest BCUT2D eigenvalue weighted by atomic mass is 32.2. The van der Waals surface area contributed by atoms with Crippen molar-refractivity contribution in [3.8, 4) is 0 Å². The molecule has 2 fully saturated rings. The number of hydrogen-bond acceptors (Lipinski definition) is 4. The lowest BCUT2D eigenvalue weighted by Crippen LogP contribution is -2.41. The zero-order chi connectivity index (χ0) is 16.3. The molecule has 2 saturated heterocycles. The fraction of sp³-hybridized carbons (Fsp3) is 0.588. The van der Waals surface area contributed by atoms with Crippen molar-refractivity contribution in [3.05, 3.63) is 30.3 Å². The molecule has 0 N–H and O–H groups in total. The molecular formula is C17H24N2O3S. The molecule has 0 radical (unpaired) electrons. The Morgan fingerprint density at radius 1 is 1.17 bits per heavy atom. The molecule has 2 heterocycles. The maximum absolute atomic E-state index is 12.9. The summed E-state index contributed by atoms with van der Waals surface area (Å²) < 4.78 is 23.4. The van der Waals surface area contributed by atoms with Gasteiger partial charge in [-0.25, -0.2) is 8.42 Å². The summed E-state index contributed by atoms with van der Waals surface area (Å²) in [6.07, 6.45) is 2.90. The molecule has 0 unspecified atom stereocenters. The first kappa shape index (κ1) is 16.5. The van der Waals surface area contributed by atoms with E-state index in [1.807, 2.05) is 30.3 Å². The van der Waals surface area contributed by atoms with E-state index < -0.39 is 15.8 Å². The summed E-state index contributed by atoms with van der Waals surface area (Å²) in [5, 5.41) is 0. The van der Waals surface area contributed by atoms with Crippen molar-refractivity contribution in [3.63, 3.8) is 0 Å². The van der Waals surface area contributed by atoms with E-state index >= 15 is 0 Å². The zero-order valence-electron chi connectivity index (χ0n) is 13.4. The van der Waals surface area contributed by atoms with Crippen LogP contribution in [-0.2, 0) is 14.6 Å². The van der Waals surface area contributed by atoms with E-state index in [0.717, 1.165) is 25.3 Å². The molecule has 0 bridgehead atoms. The maximum Gasteiger partial charge on any atom is 0.231 e. The van der Waals surface area contributed by atoms with Crippen molar-refractivity contribution >= 4 is 21.4 Å². The number of carbonyl (C=O) groups excluding carboxylic acids is 1. The highest BCUT2D eigenvalue weighted by Crippen LogP contribution is 2.24. The summed E-state index contributed by atoms with van der Waals surface area (Å²) in [5.41, 5.74) is 0.862. The van der Waals surface area contributed by atoms with Gasteiger partial charge in [-0.05, 0) is 44.5 Å². The number of benzene rings is 1. The number of hydrogen-bond donors (Lipinski definition) is 0. The van der Waals surface area contributed by atoms with Crippen molar-refractivity contribution in [2.45, 2.75) is 19.3 Å². The number of amides is 1. The van der Waals surface area contributed by atoms with Crippen LogP contribution in [0.25, 0.3) is 0 Å². The second-order valence-electron chi connectivity index (χ2n) is 6.47. The maximum atomic E-state index is 12.9. The molecule has 1 aromatic carbocycles. The average molecular weight is 336 g/mol. The Balaban J connectivity index is 1.73. The standard InChI is InChI=1S/C17H24N2O3S/c20-17(15-8-13-23(21,22)14-15)19(16-6-2-1-3-7-16)12-11-18-9-4-5-10-18/h1-3,6-7,15H,4-5,8-14H2/t15-/m1/s1. The Bertz CT molecular complexity index is 639. The summed E-state index contributed by atoms with van der Waals surface area (Å²) in [6.45, 7) is 3.66. The molecule has 2 aliphatic heterocycles. The third-order valence-corrected chi connectivity index (χ3v) is 6.52. The van der Waals surface area contributed by atoms with Crippen LogP contribution in [-0.4, -0.2) is 56.9 Å². The first-order valence-electron chi connectivity index (χ1n) is 8.34. The molecule has 1 amide bonds. The quantitative estimate of drug-likeness (QED) is 0.819. The van der Waals surface area contributed by atoms with Crippen LogP contribution in [0.2, 0.25) is 0 Å². The van der Waals surface area contributed by atoms with Gasteiger partial charge in [0.1, 0.15) is 0 Å². The monoisotopic (exact) mass is 336 g/mol. The van der Waals surface area contributed by atoms with E-state index in [2.05, 4.69) is 4.90 Å². The van der Waals surface area contributed by atoms with Gasteiger partial charge in [-0.2, -0.15) is 0 Å². The van der Waals surface area contributed by atoms with Crippen LogP contribution in [0.15, 0.2) is 30.3 Å². The normalized spacial score (nSPS) is 23.9. The van der Waals surface area contributed by atoms with Crippen molar-refractivity contribution in [1.29, 1.82) is 0 Å². The van der Waals surface area contributed by atoms with E-state index in [1.165, 1.54) is 12.8 Å². The predicted molar refractivity (Wildman–Crippen MR) is 91.2 cm³/mol. The van der Waals surface area contributed by atoms with Crippen molar-refractivity contribution in [1.82, 2.24) is 4.90 Å². The lowest BCUT2D eigenvalue weighted by Gasteiger charge is -2.27. The third-order valence-electron chi connectivity index (χ3n) is 4.75. The molecule has 0 saturated carbocycles. The van der Waals surface area contributed by atoms with Gasteiger partial charge in [0, 0.05) is 18.8 Å². The van der Waals surface area contributed by atoms with Crippen LogP contribution in [0.1, 0.15) is 19.3 Å². The Morgan fingerprint density at radius 2 is 1.87 bits per heavy atom. The van der Waals surface area contributed by atoms with Gasteiger partial charge in [0.15, 0.2) is 9.84 Å². The highest BCUT2D eigenvalue weighted by Gasteiger charge is 2.35. The third kappa shape index (κ3) is 4.12. The van der Waals surface area contributed by atoms with E-state index in [4.69, 9.17) is 0 Å². The Morgan fingerprint density at radius 3 is 2.48 bits per heavy atom. The van der Waals surface area contributed by atoms with Crippen LogP contribution >= 0.6 is 0 Å². The molecule has 0 aromatic heterocycles. The summed E-state index contributed by atoms with van der Waals surface area (Å²) in [7, 11) is -3.04. The molecule has 3 rings (SSSR count). The number of likely N-dealkylation sites (tertiary alicyclic amines) is 1. The Kier molecular flexibility index (Phi) is 5.02. The lowest BCUT2D eigenvalue weighted by molar-refractivity contribution is -0.121. The van der Waals surface area contributed by atoms with Crippen molar-refractivity contribution in [2.24, 2.45) is 5.92 Å². The number of anilines is 1. The number of rotatable bonds is 5. The number of carbonyl (C=O) groups is 1. The SMILES string of the molecule is O=C([C@@H]1CCS(=O)(=O)C1)N(CCN1CCCC1)c1ccccc1. The van der Waals surface area contributed by atoms with Gasteiger partial charge in [-0.1, -0.05) is 18.2 Å². The smallest absolute Gasteiger partial charge is 0.231 e. The number of sulfone groups is 1. The van der Waals surface area contributed by atoms with Crippen molar-refractivity contribution in [2.75, 3.05) is 42.6 Å². The second kappa shape index (κ2) is 7.01. The highest BCUT2D eigenvalue weighted by molar-refractivity contribution is 7.91. The van der Waals surface area contributed by atoms with Crippen molar-refractivity contribution < 1.29 is 13.2 Å². The molecule has 1 atom stereocenters. The summed E-state index contributed by atoms with van der Waals surface area (Å²) in [5.74, 6) is -0.299. The number of nitrogens with zero attached hydrogens (tertiary/aromatic N) is 2. The van der Waals surface area contributed by atoms with E-state index in [1.54, 1.807) is 4.90 Å². The second-order valence-corrected chi connectivity index (χ2v) is 8.70. The van der Waals surface area contributed by atoms with E-state index in [0.29, 0.717) is 13.0 Å².